The van der Waals surface area contributed by atoms with Gasteiger partial charge in [0.1, 0.15) is 24.5 Å². The van der Waals surface area contributed by atoms with E-state index in [0.717, 1.165) is 5.56 Å². The van der Waals surface area contributed by atoms with Crippen LogP contribution in [0.3, 0.4) is 0 Å². The number of pyridine rings is 1. The fourth-order valence-corrected chi connectivity index (χ4v) is 2.20. The Morgan fingerprint density at radius 2 is 1.96 bits per heavy atom. The van der Waals surface area contributed by atoms with Crippen LogP contribution in [0.2, 0.25) is 0 Å². The molecule has 2 atom stereocenters. The number of rotatable bonds is 7. The molecule has 0 aliphatic heterocycles. The molecule has 0 bridgehead atoms. The zero-order valence-corrected chi connectivity index (χ0v) is 14.0. The molecule has 138 valence electrons. The van der Waals surface area contributed by atoms with E-state index in [1.54, 1.807) is 12.1 Å². The molecule has 0 radical (unpaired) electrons. The van der Waals surface area contributed by atoms with Crippen LogP contribution in [0.4, 0.5) is 10.5 Å². The summed E-state index contributed by atoms with van der Waals surface area (Å²) in [6.45, 7) is 1.24. The first-order valence-electron chi connectivity index (χ1n) is 7.81. The van der Waals surface area contributed by atoms with E-state index in [9.17, 15) is 25.1 Å². The standard InChI is InChI=1S/C17H19N3O6/c1-11-14(20(24)25)8-7-13(19-11)16(22)15(21)9-18-17(23)26-10-12-5-3-2-4-6-12/h2-8,15-16,21-22H,9-10H2,1H3,(H,18,23). The largest absolute Gasteiger partial charge is 0.445 e. The lowest BCUT2D eigenvalue weighted by Crippen LogP contribution is -2.36. The highest BCUT2D eigenvalue weighted by Gasteiger charge is 2.23. The molecule has 0 aliphatic rings. The average molecular weight is 361 g/mol. The van der Waals surface area contributed by atoms with Gasteiger partial charge in [0.15, 0.2) is 0 Å². The van der Waals surface area contributed by atoms with Gasteiger partial charge in [0.25, 0.3) is 5.69 Å². The van der Waals surface area contributed by atoms with Crippen LogP contribution in [0.1, 0.15) is 23.1 Å². The SMILES string of the molecule is Cc1nc(C(O)C(O)CNC(=O)OCc2ccccc2)ccc1[N+](=O)[O-]. The quantitative estimate of drug-likeness (QED) is 0.504. The van der Waals surface area contributed by atoms with E-state index in [4.69, 9.17) is 4.74 Å². The van der Waals surface area contributed by atoms with Crippen molar-refractivity contribution in [3.8, 4) is 0 Å². The number of alkyl carbamates (subject to hydrolysis) is 1. The molecule has 1 amide bonds. The van der Waals surface area contributed by atoms with Crippen molar-refractivity contribution in [3.05, 3.63) is 69.5 Å². The van der Waals surface area contributed by atoms with Gasteiger partial charge in [-0.05, 0) is 18.6 Å². The Kier molecular flexibility index (Phi) is 6.59. The summed E-state index contributed by atoms with van der Waals surface area (Å²) in [5, 5.41) is 33.2. The summed E-state index contributed by atoms with van der Waals surface area (Å²) in [4.78, 5) is 25.7. The number of nitro groups is 1. The number of benzene rings is 1. The minimum absolute atomic E-state index is 0.0695. The van der Waals surface area contributed by atoms with Crippen LogP contribution >= 0.6 is 0 Å². The number of hydrogen-bond donors (Lipinski definition) is 3. The maximum atomic E-state index is 11.6. The fourth-order valence-electron chi connectivity index (χ4n) is 2.20. The lowest BCUT2D eigenvalue weighted by molar-refractivity contribution is -0.385. The minimum atomic E-state index is -1.41. The molecule has 2 unspecified atom stereocenters. The Hall–Kier alpha value is -3.04. The van der Waals surface area contributed by atoms with Gasteiger partial charge in [0.05, 0.1) is 10.6 Å². The van der Waals surface area contributed by atoms with Crippen molar-refractivity contribution < 1.29 is 24.7 Å². The highest BCUT2D eigenvalue weighted by atomic mass is 16.6. The van der Waals surface area contributed by atoms with Crippen molar-refractivity contribution in [3.63, 3.8) is 0 Å². The number of aliphatic hydroxyl groups excluding tert-OH is 2. The van der Waals surface area contributed by atoms with Gasteiger partial charge in [-0.3, -0.25) is 10.1 Å². The van der Waals surface area contributed by atoms with Gasteiger partial charge in [-0.1, -0.05) is 30.3 Å². The Bertz CT molecular complexity index is 768. The molecule has 0 aliphatic carbocycles. The zero-order chi connectivity index (χ0) is 19.1. The second-order valence-electron chi connectivity index (χ2n) is 5.55. The molecular weight excluding hydrogens is 342 g/mol. The first kappa shape index (κ1) is 19.3. The van der Waals surface area contributed by atoms with Crippen LogP contribution in [0.5, 0.6) is 0 Å². The van der Waals surface area contributed by atoms with Gasteiger partial charge >= 0.3 is 6.09 Å². The lowest BCUT2D eigenvalue weighted by Gasteiger charge is -2.18. The van der Waals surface area contributed by atoms with Gasteiger partial charge in [-0.25, -0.2) is 9.78 Å². The minimum Gasteiger partial charge on any atom is -0.445 e. The molecule has 2 rings (SSSR count). The smallest absolute Gasteiger partial charge is 0.407 e. The van der Waals surface area contributed by atoms with Crippen LogP contribution in [0.15, 0.2) is 42.5 Å². The number of aliphatic hydroxyl groups is 2. The molecule has 0 spiro atoms. The second kappa shape index (κ2) is 8.88. The number of carbonyl (C=O) groups excluding carboxylic acids is 1. The van der Waals surface area contributed by atoms with E-state index in [2.05, 4.69) is 10.3 Å². The third-order valence-electron chi connectivity index (χ3n) is 3.61. The third kappa shape index (κ3) is 5.23. The molecule has 9 heteroatoms. The summed E-state index contributed by atoms with van der Waals surface area (Å²) in [7, 11) is 0. The highest BCUT2D eigenvalue weighted by molar-refractivity contribution is 5.67. The third-order valence-corrected chi connectivity index (χ3v) is 3.61. The molecule has 2 aromatic rings. The normalized spacial score (nSPS) is 12.9. The molecule has 1 aromatic carbocycles. The summed E-state index contributed by atoms with van der Waals surface area (Å²) in [5.74, 6) is 0. The van der Waals surface area contributed by atoms with E-state index < -0.39 is 23.2 Å². The predicted molar refractivity (Wildman–Crippen MR) is 91.2 cm³/mol. The van der Waals surface area contributed by atoms with Crippen LogP contribution < -0.4 is 5.32 Å². The molecule has 1 aromatic heterocycles. The molecule has 0 saturated carbocycles. The van der Waals surface area contributed by atoms with Gasteiger partial charge in [-0.15, -0.1) is 0 Å². The van der Waals surface area contributed by atoms with Crippen molar-refractivity contribution in [1.29, 1.82) is 0 Å². The number of nitrogens with zero attached hydrogens (tertiary/aromatic N) is 2. The molecule has 9 nitrogen and oxygen atoms in total. The van der Waals surface area contributed by atoms with Crippen molar-refractivity contribution in [2.75, 3.05) is 6.54 Å². The van der Waals surface area contributed by atoms with Crippen LogP contribution in [-0.2, 0) is 11.3 Å². The van der Waals surface area contributed by atoms with Crippen LogP contribution in [0, 0.1) is 17.0 Å². The summed E-state index contributed by atoms with van der Waals surface area (Å²) < 4.78 is 4.99. The van der Waals surface area contributed by atoms with E-state index in [1.807, 2.05) is 18.2 Å². The van der Waals surface area contributed by atoms with E-state index >= 15 is 0 Å². The number of nitrogens with one attached hydrogen (secondary N) is 1. The molecule has 0 fully saturated rings. The highest BCUT2D eigenvalue weighted by Crippen LogP contribution is 2.21. The number of carbonyl (C=O) groups is 1. The fraction of sp³-hybridized carbons (Fsp3) is 0.294. The Labute approximate surface area is 149 Å². The summed E-state index contributed by atoms with van der Waals surface area (Å²) >= 11 is 0. The summed E-state index contributed by atoms with van der Waals surface area (Å²) in [6.07, 6.45) is -3.51. The Morgan fingerprint density at radius 1 is 1.27 bits per heavy atom. The first-order valence-corrected chi connectivity index (χ1v) is 7.81. The number of aromatic nitrogens is 1. The van der Waals surface area contributed by atoms with E-state index in [0.29, 0.717) is 0 Å². The van der Waals surface area contributed by atoms with Crippen molar-refractivity contribution in [2.24, 2.45) is 0 Å². The van der Waals surface area contributed by atoms with Crippen molar-refractivity contribution in [1.82, 2.24) is 10.3 Å². The van der Waals surface area contributed by atoms with Crippen molar-refractivity contribution >= 4 is 11.8 Å². The van der Waals surface area contributed by atoms with Crippen LogP contribution in [-0.4, -0.2) is 38.9 Å². The molecule has 3 N–H and O–H groups in total. The van der Waals surface area contributed by atoms with Crippen LogP contribution in [0.25, 0.3) is 0 Å². The van der Waals surface area contributed by atoms with Gasteiger partial charge < -0.3 is 20.3 Å². The molecule has 0 saturated heterocycles. The summed E-state index contributed by atoms with van der Waals surface area (Å²) in [6, 6.07) is 11.5. The second-order valence-corrected chi connectivity index (χ2v) is 5.55. The van der Waals surface area contributed by atoms with Gasteiger partial charge in [0, 0.05) is 12.6 Å². The summed E-state index contributed by atoms with van der Waals surface area (Å²) in [5.41, 5.74) is 0.820. The average Bonchev–Trinajstić information content (AvgIpc) is 2.64. The number of ether oxygens (including phenoxy) is 1. The zero-order valence-electron chi connectivity index (χ0n) is 14.0. The topological polar surface area (TPSA) is 135 Å². The molecular formula is C17H19N3O6. The lowest BCUT2D eigenvalue weighted by atomic mass is 10.1. The maximum Gasteiger partial charge on any atom is 0.407 e. The van der Waals surface area contributed by atoms with Crippen molar-refractivity contribution in [2.45, 2.75) is 25.7 Å². The number of hydrogen-bond acceptors (Lipinski definition) is 7. The number of amides is 1. The van der Waals surface area contributed by atoms with Gasteiger partial charge in [0.2, 0.25) is 0 Å². The van der Waals surface area contributed by atoms with E-state index in [1.165, 1.54) is 19.1 Å². The maximum absolute atomic E-state index is 11.6. The molecule has 1 heterocycles. The van der Waals surface area contributed by atoms with Gasteiger partial charge in [-0.2, -0.15) is 0 Å². The first-order chi connectivity index (χ1) is 12.4. The predicted octanol–water partition coefficient (Wildman–Crippen LogP) is 1.62. The monoisotopic (exact) mass is 361 g/mol. The molecule has 26 heavy (non-hydrogen) atoms. The van der Waals surface area contributed by atoms with E-state index in [-0.39, 0.29) is 30.2 Å². The number of aryl methyl sites for hydroxylation is 1. The Morgan fingerprint density at radius 3 is 2.58 bits per heavy atom. The Balaban J connectivity index is 1.84.